The normalized spacial score (nSPS) is 10.5. The molecule has 0 fully saturated rings. The summed E-state index contributed by atoms with van der Waals surface area (Å²) in [6.45, 7) is 2.00. The SMILES string of the molecule is Cc1ccc(C(=O)Cc2cnn(C)c2)c(Br)c1. The Balaban J connectivity index is 2.20. The van der Waals surface area contributed by atoms with Crippen molar-refractivity contribution < 1.29 is 4.79 Å². The Morgan fingerprint density at radius 3 is 2.82 bits per heavy atom. The van der Waals surface area contributed by atoms with Gasteiger partial charge in [-0.15, -0.1) is 0 Å². The van der Waals surface area contributed by atoms with Crippen molar-refractivity contribution in [2.24, 2.45) is 7.05 Å². The molecule has 0 atom stereocenters. The van der Waals surface area contributed by atoms with Crippen LogP contribution in [-0.4, -0.2) is 15.6 Å². The van der Waals surface area contributed by atoms with Crippen molar-refractivity contribution in [3.63, 3.8) is 0 Å². The largest absolute Gasteiger partial charge is 0.294 e. The topological polar surface area (TPSA) is 34.9 Å². The van der Waals surface area contributed by atoms with Gasteiger partial charge in [-0.05, 0) is 30.2 Å². The van der Waals surface area contributed by atoms with Gasteiger partial charge in [0.1, 0.15) is 0 Å². The van der Waals surface area contributed by atoms with Crippen molar-refractivity contribution >= 4 is 21.7 Å². The summed E-state index contributed by atoms with van der Waals surface area (Å²) in [5.41, 5.74) is 2.79. The highest BCUT2D eigenvalue weighted by atomic mass is 79.9. The Morgan fingerprint density at radius 2 is 2.24 bits per heavy atom. The third kappa shape index (κ3) is 2.82. The van der Waals surface area contributed by atoms with Crippen LogP contribution in [-0.2, 0) is 13.5 Å². The predicted octanol–water partition coefficient (Wildman–Crippen LogP) is 2.92. The minimum absolute atomic E-state index is 0.102. The Bertz CT molecular complexity index is 560. The number of Topliss-reactive ketones (excluding diaryl/α,β-unsaturated/α-hetero) is 1. The number of aryl methyl sites for hydroxylation is 2. The predicted molar refractivity (Wildman–Crippen MR) is 70.1 cm³/mol. The van der Waals surface area contributed by atoms with E-state index < -0.39 is 0 Å². The molecule has 0 spiro atoms. The molecular weight excluding hydrogens is 280 g/mol. The number of hydrogen-bond acceptors (Lipinski definition) is 2. The maximum atomic E-state index is 12.1. The highest BCUT2D eigenvalue weighted by Crippen LogP contribution is 2.20. The van der Waals surface area contributed by atoms with Crippen LogP contribution < -0.4 is 0 Å². The quantitative estimate of drug-likeness (QED) is 0.816. The number of hydrogen-bond donors (Lipinski definition) is 0. The lowest BCUT2D eigenvalue weighted by Crippen LogP contribution is -2.04. The summed E-state index contributed by atoms with van der Waals surface area (Å²) in [6.07, 6.45) is 3.97. The molecule has 0 aliphatic rings. The standard InChI is InChI=1S/C13H13BrN2O/c1-9-3-4-11(12(14)5-9)13(17)6-10-7-15-16(2)8-10/h3-5,7-8H,6H2,1-2H3. The van der Waals surface area contributed by atoms with E-state index >= 15 is 0 Å². The third-order valence-corrected chi connectivity index (χ3v) is 3.20. The first-order valence-electron chi connectivity index (χ1n) is 5.33. The van der Waals surface area contributed by atoms with Gasteiger partial charge >= 0.3 is 0 Å². The van der Waals surface area contributed by atoms with Crippen molar-refractivity contribution in [2.45, 2.75) is 13.3 Å². The maximum absolute atomic E-state index is 12.1. The van der Waals surface area contributed by atoms with E-state index in [9.17, 15) is 4.79 Å². The molecule has 0 radical (unpaired) electrons. The molecule has 0 aliphatic heterocycles. The first kappa shape index (κ1) is 12.0. The minimum atomic E-state index is 0.102. The van der Waals surface area contributed by atoms with Crippen LogP contribution in [0.5, 0.6) is 0 Å². The van der Waals surface area contributed by atoms with Crippen LogP contribution in [0.4, 0.5) is 0 Å². The number of aromatic nitrogens is 2. The molecule has 2 aromatic rings. The number of carbonyl (C=O) groups is 1. The number of carbonyl (C=O) groups excluding carboxylic acids is 1. The fourth-order valence-electron chi connectivity index (χ4n) is 1.69. The van der Waals surface area contributed by atoms with Crippen LogP contribution in [0.3, 0.4) is 0 Å². The molecule has 0 saturated heterocycles. The lowest BCUT2D eigenvalue weighted by Gasteiger charge is -2.03. The molecule has 0 aliphatic carbocycles. The number of ketones is 1. The van der Waals surface area contributed by atoms with E-state index in [0.29, 0.717) is 6.42 Å². The molecule has 0 unspecified atom stereocenters. The molecule has 1 heterocycles. The van der Waals surface area contributed by atoms with Crippen molar-refractivity contribution in [2.75, 3.05) is 0 Å². The zero-order valence-corrected chi connectivity index (χ0v) is 11.4. The molecule has 0 amide bonds. The number of benzene rings is 1. The Morgan fingerprint density at radius 1 is 1.47 bits per heavy atom. The smallest absolute Gasteiger partial charge is 0.168 e. The van der Waals surface area contributed by atoms with Gasteiger partial charge in [0.05, 0.1) is 6.20 Å². The number of halogens is 1. The van der Waals surface area contributed by atoms with Gasteiger partial charge in [-0.2, -0.15) is 5.10 Å². The third-order valence-electron chi connectivity index (χ3n) is 2.55. The van der Waals surface area contributed by atoms with Gasteiger partial charge in [0.25, 0.3) is 0 Å². The molecule has 0 N–H and O–H groups in total. The Labute approximate surface area is 109 Å². The van der Waals surface area contributed by atoms with E-state index in [0.717, 1.165) is 21.2 Å². The second kappa shape index (κ2) is 4.84. The molecule has 3 nitrogen and oxygen atoms in total. The van der Waals surface area contributed by atoms with E-state index in [4.69, 9.17) is 0 Å². The van der Waals surface area contributed by atoms with Gasteiger partial charge < -0.3 is 0 Å². The zero-order valence-electron chi connectivity index (χ0n) is 9.77. The van der Waals surface area contributed by atoms with Crippen LogP contribution in [0.2, 0.25) is 0 Å². The lowest BCUT2D eigenvalue weighted by molar-refractivity contribution is 0.0992. The molecule has 0 saturated carbocycles. The molecule has 4 heteroatoms. The average Bonchev–Trinajstić information content (AvgIpc) is 2.63. The van der Waals surface area contributed by atoms with Gasteiger partial charge in [-0.25, -0.2) is 0 Å². The summed E-state index contributed by atoms with van der Waals surface area (Å²) in [4.78, 5) is 12.1. The highest BCUT2D eigenvalue weighted by molar-refractivity contribution is 9.10. The van der Waals surface area contributed by atoms with E-state index in [1.54, 1.807) is 10.9 Å². The summed E-state index contributed by atoms with van der Waals surface area (Å²) >= 11 is 3.42. The van der Waals surface area contributed by atoms with Gasteiger partial charge in [0.2, 0.25) is 0 Å². The Hall–Kier alpha value is -1.42. The number of rotatable bonds is 3. The lowest BCUT2D eigenvalue weighted by atomic mass is 10.0. The van der Waals surface area contributed by atoms with Gasteiger partial charge in [-0.3, -0.25) is 9.48 Å². The second-order valence-electron chi connectivity index (χ2n) is 4.11. The Kier molecular flexibility index (Phi) is 3.43. The molecule has 1 aromatic heterocycles. The first-order chi connectivity index (χ1) is 8.06. The van der Waals surface area contributed by atoms with Crippen molar-refractivity contribution in [1.29, 1.82) is 0 Å². The second-order valence-corrected chi connectivity index (χ2v) is 4.96. The highest BCUT2D eigenvalue weighted by Gasteiger charge is 2.11. The summed E-state index contributed by atoms with van der Waals surface area (Å²) in [6, 6.07) is 5.76. The molecule has 88 valence electrons. The van der Waals surface area contributed by atoms with Crippen molar-refractivity contribution in [3.05, 3.63) is 51.8 Å². The maximum Gasteiger partial charge on any atom is 0.168 e. The summed E-state index contributed by atoms with van der Waals surface area (Å²) in [5, 5.41) is 4.05. The molecule has 1 aromatic carbocycles. The van der Waals surface area contributed by atoms with Crippen LogP contribution in [0.15, 0.2) is 35.1 Å². The number of nitrogens with zero attached hydrogens (tertiary/aromatic N) is 2. The van der Waals surface area contributed by atoms with Crippen LogP contribution in [0, 0.1) is 6.92 Å². The van der Waals surface area contributed by atoms with Gasteiger partial charge in [-0.1, -0.05) is 22.0 Å². The molecule has 2 rings (SSSR count). The molecule has 17 heavy (non-hydrogen) atoms. The van der Waals surface area contributed by atoms with Gasteiger partial charge in [0.15, 0.2) is 5.78 Å². The summed E-state index contributed by atoms with van der Waals surface area (Å²) < 4.78 is 2.55. The average molecular weight is 293 g/mol. The zero-order chi connectivity index (χ0) is 12.4. The minimum Gasteiger partial charge on any atom is -0.294 e. The fourth-order valence-corrected chi connectivity index (χ4v) is 2.40. The van der Waals surface area contributed by atoms with E-state index in [1.807, 2.05) is 38.4 Å². The summed E-state index contributed by atoms with van der Waals surface area (Å²) in [7, 11) is 1.84. The fraction of sp³-hybridized carbons (Fsp3) is 0.231. The first-order valence-corrected chi connectivity index (χ1v) is 6.12. The van der Waals surface area contributed by atoms with Crippen molar-refractivity contribution in [1.82, 2.24) is 9.78 Å². The van der Waals surface area contributed by atoms with Crippen molar-refractivity contribution in [3.8, 4) is 0 Å². The molecular formula is C13H13BrN2O. The summed E-state index contributed by atoms with van der Waals surface area (Å²) in [5.74, 6) is 0.102. The van der Waals surface area contributed by atoms with E-state index in [2.05, 4.69) is 21.0 Å². The van der Waals surface area contributed by atoms with Crippen LogP contribution in [0.25, 0.3) is 0 Å². The van der Waals surface area contributed by atoms with Gasteiger partial charge in [0, 0.05) is 29.7 Å². The molecule has 0 bridgehead atoms. The van der Waals surface area contributed by atoms with Crippen LogP contribution >= 0.6 is 15.9 Å². The monoisotopic (exact) mass is 292 g/mol. The van der Waals surface area contributed by atoms with Crippen LogP contribution in [0.1, 0.15) is 21.5 Å². The van der Waals surface area contributed by atoms with E-state index in [-0.39, 0.29) is 5.78 Å². The van der Waals surface area contributed by atoms with E-state index in [1.165, 1.54) is 0 Å².